The van der Waals surface area contributed by atoms with Gasteiger partial charge in [-0.3, -0.25) is 4.90 Å². The maximum Gasteiger partial charge on any atom is 0.0406 e. The Hall–Kier alpha value is -1.35. The van der Waals surface area contributed by atoms with Gasteiger partial charge in [-0.25, -0.2) is 0 Å². The number of hydrogen-bond donors (Lipinski definition) is 1. The summed E-state index contributed by atoms with van der Waals surface area (Å²) < 4.78 is 0. The predicted molar refractivity (Wildman–Crippen MR) is 97.7 cm³/mol. The van der Waals surface area contributed by atoms with E-state index in [0.717, 1.165) is 31.1 Å². The molecule has 1 fully saturated rings. The first kappa shape index (κ1) is 16.5. The van der Waals surface area contributed by atoms with Crippen molar-refractivity contribution < 1.29 is 0 Å². The highest BCUT2D eigenvalue weighted by Crippen LogP contribution is 2.35. The Balaban J connectivity index is 1.77. The topological polar surface area (TPSA) is 29.3 Å². The lowest BCUT2D eigenvalue weighted by molar-refractivity contribution is 0.140. The fourth-order valence-corrected chi connectivity index (χ4v) is 3.84. The van der Waals surface area contributed by atoms with Gasteiger partial charge in [0.1, 0.15) is 0 Å². The SMILES string of the molecule is CC(N)C1CCN(Cc2ccccc2)CC1c1ccc(Cl)cc1. The third-order valence-electron chi connectivity index (χ3n) is 4.97. The molecule has 3 heteroatoms. The Bertz CT molecular complexity index is 609. The fourth-order valence-electron chi connectivity index (χ4n) is 3.71. The van der Waals surface area contributed by atoms with E-state index >= 15 is 0 Å². The maximum atomic E-state index is 6.28. The van der Waals surface area contributed by atoms with Gasteiger partial charge in [0.15, 0.2) is 0 Å². The average Bonchev–Trinajstić information content (AvgIpc) is 2.56. The monoisotopic (exact) mass is 328 g/mol. The highest BCUT2D eigenvalue weighted by atomic mass is 35.5. The molecule has 122 valence electrons. The number of nitrogens with two attached hydrogens (primary N) is 1. The Kier molecular flexibility index (Phi) is 5.37. The van der Waals surface area contributed by atoms with E-state index in [-0.39, 0.29) is 6.04 Å². The largest absolute Gasteiger partial charge is 0.328 e. The van der Waals surface area contributed by atoms with Crippen LogP contribution in [0.1, 0.15) is 30.4 Å². The van der Waals surface area contributed by atoms with Crippen LogP contribution in [0.5, 0.6) is 0 Å². The molecule has 2 nitrogen and oxygen atoms in total. The molecule has 3 atom stereocenters. The van der Waals surface area contributed by atoms with E-state index in [9.17, 15) is 0 Å². The Morgan fingerprint density at radius 3 is 2.48 bits per heavy atom. The van der Waals surface area contributed by atoms with Gasteiger partial charge in [0.25, 0.3) is 0 Å². The maximum absolute atomic E-state index is 6.28. The van der Waals surface area contributed by atoms with Crippen molar-refractivity contribution in [3.63, 3.8) is 0 Å². The second-order valence-corrected chi connectivity index (χ2v) is 7.13. The van der Waals surface area contributed by atoms with Crippen LogP contribution in [-0.2, 0) is 6.54 Å². The molecule has 1 saturated heterocycles. The lowest BCUT2D eigenvalue weighted by atomic mass is 9.77. The van der Waals surface area contributed by atoms with Gasteiger partial charge >= 0.3 is 0 Å². The van der Waals surface area contributed by atoms with Crippen molar-refractivity contribution in [3.05, 3.63) is 70.7 Å². The molecule has 1 heterocycles. The molecule has 2 N–H and O–H groups in total. The molecular weight excluding hydrogens is 304 g/mol. The van der Waals surface area contributed by atoms with Crippen LogP contribution in [0.15, 0.2) is 54.6 Å². The first-order chi connectivity index (χ1) is 11.1. The van der Waals surface area contributed by atoms with Crippen LogP contribution in [-0.4, -0.2) is 24.0 Å². The van der Waals surface area contributed by atoms with Gasteiger partial charge in [-0.05, 0) is 49.1 Å². The van der Waals surface area contributed by atoms with Crippen LogP contribution in [0, 0.1) is 5.92 Å². The second kappa shape index (κ2) is 7.48. The van der Waals surface area contributed by atoms with Crippen LogP contribution < -0.4 is 5.73 Å². The minimum Gasteiger partial charge on any atom is -0.328 e. The summed E-state index contributed by atoms with van der Waals surface area (Å²) in [7, 11) is 0. The lowest BCUT2D eigenvalue weighted by Crippen LogP contribution is -2.44. The summed E-state index contributed by atoms with van der Waals surface area (Å²) in [6.45, 7) is 5.32. The van der Waals surface area contributed by atoms with Gasteiger partial charge in [0, 0.05) is 30.1 Å². The summed E-state index contributed by atoms with van der Waals surface area (Å²) >= 11 is 6.05. The second-order valence-electron chi connectivity index (χ2n) is 6.69. The number of likely N-dealkylation sites (tertiary alicyclic amines) is 1. The fraction of sp³-hybridized carbons (Fsp3) is 0.400. The summed E-state index contributed by atoms with van der Waals surface area (Å²) in [5.74, 6) is 1.01. The Labute approximate surface area is 144 Å². The van der Waals surface area contributed by atoms with E-state index in [4.69, 9.17) is 17.3 Å². The summed E-state index contributed by atoms with van der Waals surface area (Å²) in [5.41, 5.74) is 9.01. The third-order valence-corrected chi connectivity index (χ3v) is 5.22. The van der Waals surface area contributed by atoms with E-state index in [1.807, 2.05) is 12.1 Å². The van der Waals surface area contributed by atoms with Crippen LogP contribution in [0.3, 0.4) is 0 Å². The van der Waals surface area contributed by atoms with Gasteiger partial charge in [0.2, 0.25) is 0 Å². The molecule has 0 amide bonds. The van der Waals surface area contributed by atoms with Gasteiger partial charge in [-0.2, -0.15) is 0 Å². The first-order valence-electron chi connectivity index (χ1n) is 8.41. The molecule has 23 heavy (non-hydrogen) atoms. The summed E-state index contributed by atoms with van der Waals surface area (Å²) in [6, 6.07) is 19.2. The molecule has 3 unspecified atom stereocenters. The molecule has 1 aliphatic rings. The van der Waals surface area contributed by atoms with Crippen molar-refractivity contribution in [2.24, 2.45) is 11.7 Å². The van der Waals surface area contributed by atoms with Crippen molar-refractivity contribution >= 4 is 11.6 Å². The molecule has 0 saturated carbocycles. The molecule has 0 bridgehead atoms. The predicted octanol–water partition coefficient (Wildman–Crippen LogP) is 4.29. The van der Waals surface area contributed by atoms with Crippen LogP contribution in [0.4, 0.5) is 0 Å². The van der Waals surface area contributed by atoms with Crippen molar-refractivity contribution in [3.8, 4) is 0 Å². The highest BCUT2D eigenvalue weighted by molar-refractivity contribution is 6.30. The van der Waals surface area contributed by atoms with Gasteiger partial charge in [0.05, 0.1) is 0 Å². The zero-order valence-electron chi connectivity index (χ0n) is 13.7. The smallest absolute Gasteiger partial charge is 0.0406 e. The number of benzene rings is 2. The molecule has 2 aromatic rings. The van der Waals surface area contributed by atoms with Crippen LogP contribution >= 0.6 is 11.6 Å². The number of hydrogen-bond acceptors (Lipinski definition) is 2. The summed E-state index contributed by atoms with van der Waals surface area (Å²) in [4.78, 5) is 2.55. The number of rotatable bonds is 4. The average molecular weight is 329 g/mol. The minimum atomic E-state index is 0.217. The molecule has 0 aliphatic carbocycles. The third kappa shape index (κ3) is 4.14. The quantitative estimate of drug-likeness (QED) is 0.907. The Morgan fingerprint density at radius 1 is 1.13 bits per heavy atom. The number of piperidine rings is 1. The Morgan fingerprint density at radius 2 is 1.83 bits per heavy atom. The highest BCUT2D eigenvalue weighted by Gasteiger charge is 2.32. The van der Waals surface area contributed by atoms with Crippen LogP contribution in [0.2, 0.25) is 5.02 Å². The number of nitrogens with zero attached hydrogens (tertiary/aromatic N) is 1. The van der Waals surface area contributed by atoms with Crippen molar-refractivity contribution in [2.45, 2.75) is 31.8 Å². The van der Waals surface area contributed by atoms with Gasteiger partial charge < -0.3 is 5.73 Å². The normalized spacial score (nSPS) is 23.6. The zero-order chi connectivity index (χ0) is 16.2. The lowest BCUT2D eigenvalue weighted by Gasteiger charge is -2.40. The van der Waals surface area contributed by atoms with Gasteiger partial charge in [-0.1, -0.05) is 54.1 Å². The molecule has 0 radical (unpaired) electrons. The van der Waals surface area contributed by atoms with E-state index in [2.05, 4.69) is 54.3 Å². The van der Waals surface area contributed by atoms with Crippen molar-refractivity contribution in [1.29, 1.82) is 0 Å². The van der Waals surface area contributed by atoms with Gasteiger partial charge in [-0.15, -0.1) is 0 Å². The van der Waals surface area contributed by atoms with Crippen molar-refractivity contribution in [1.82, 2.24) is 4.90 Å². The minimum absolute atomic E-state index is 0.217. The molecule has 0 spiro atoms. The molecule has 2 aromatic carbocycles. The molecule has 0 aromatic heterocycles. The standard InChI is InChI=1S/C20H25ClN2/c1-15(22)19-11-12-23(13-16-5-3-2-4-6-16)14-20(19)17-7-9-18(21)10-8-17/h2-10,15,19-20H,11-14,22H2,1H3. The van der Waals surface area contributed by atoms with Crippen molar-refractivity contribution in [2.75, 3.05) is 13.1 Å². The summed E-state index contributed by atoms with van der Waals surface area (Å²) in [6.07, 6.45) is 1.15. The first-order valence-corrected chi connectivity index (χ1v) is 8.78. The summed E-state index contributed by atoms with van der Waals surface area (Å²) in [5, 5.41) is 0.794. The van der Waals surface area contributed by atoms with Crippen LogP contribution in [0.25, 0.3) is 0 Å². The zero-order valence-corrected chi connectivity index (χ0v) is 14.4. The number of halogens is 1. The molecule has 1 aliphatic heterocycles. The molecular formula is C20H25ClN2. The molecule has 3 rings (SSSR count). The van der Waals surface area contributed by atoms with E-state index in [1.54, 1.807) is 0 Å². The van der Waals surface area contributed by atoms with E-state index in [0.29, 0.717) is 11.8 Å². The van der Waals surface area contributed by atoms with E-state index < -0.39 is 0 Å². The van der Waals surface area contributed by atoms with E-state index in [1.165, 1.54) is 11.1 Å².